The Morgan fingerprint density at radius 1 is 1.04 bits per heavy atom. The summed E-state index contributed by atoms with van der Waals surface area (Å²) in [7, 11) is 0. The zero-order valence-corrected chi connectivity index (χ0v) is 13.4. The molecule has 0 saturated carbocycles. The molecule has 6 heteroatoms. The number of carbonyl (C=O) groups excluding carboxylic acids is 2. The molecule has 6 nitrogen and oxygen atoms in total. The van der Waals surface area contributed by atoms with E-state index < -0.39 is 23.1 Å². The van der Waals surface area contributed by atoms with Crippen molar-refractivity contribution in [3.05, 3.63) is 23.4 Å². The molecule has 1 aliphatic carbocycles. The number of nitrogens with zero attached hydrogens (tertiary/aromatic N) is 2. The van der Waals surface area contributed by atoms with Gasteiger partial charge in [-0.25, -0.2) is 4.98 Å². The van der Waals surface area contributed by atoms with E-state index in [4.69, 9.17) is 9.47 Å². The summed E-state index contributed by atoms with van der Waals surface area (Å²) in [6.45, 7) is 5.17. The van der Waals surface area contributed by atoms with Gasteiger partial charge in [0.2, 0.25) is 0 Å². The number of hydrogen-bond donors (Lipinski definition) is 0. The minimum absolute atomic E-state index is 0.309. The molecule has 0 aromatic carbocycles. The minimum Gasteiger partial charge on any atom is -0.422 e. The molecule has 0 N–H and O–H groups in total. The molecule has 0 unspecified atom stereocenters. The van der Waals surface area contributed by atoms with Gasteiger partial charge in [-0.05, 0) is 30.0 Å². The van der Waals surface area contributed by atoms with Crippen molar-refractivity contribution < 1.29 is 19.1 Å². The molecule has 1 spiro atoms. The molecule has 122 valence electrons. The highest BCUT2D eigenvalue weighted by Crippen LogP contribution is 2.44. The Hall–Kier alpha value is -2.11. The number of rotatable bonds is 1. The first-order valence-corrected chi connectivity index (χ1v) is 8.09. The van der Waals surface area contributed by atoms with Gasteiger partial charge in [0.1, 0.15) is 5.82 Å². The maximum Gasteiger partial charge on any atom is 0.327 e. The first kappa shape index (κ1) is 14.5. The Morgan fingerprint density at radius 3 is 2.30 bits per heavy atom. The van der Waals surface area contributed by atoms with Gasteiger partial charge in [-0.1, -0.05) is 0 Å². The summed E-state index contributed by atoms with van der Waals surface area (Å²) in [6, 6.07) is 2.01. The van der Waals surface area contributed by atoms with Crippen LogP contribution in [0.5, 0.6) is 0 Å². The minimum atomic E-state index is -1.23. The fourth-order valence-electron chi connectivity index (χ4n) is 3.70. The highest BCUT2D eigenvalue weighted by Gasteiger charge is 2.58. The fraction of sp³-hybridized carbons (Fsp3) is 0.588. The molecular formula is C17H20N2O4. The number of ether oxygens (including phenoxy) is 2. The summed E-state index contributed by atoms with van der Waals surface area (Å²) in [5.74, 6) is -1.24. The Kier molecular flexibility index (Phi) is 2.95. The van der Waals surface area contributed by atoms with E-state index in [0.717, 1.165) is 30.0 Å². The van der Waals surface area contributed by atoms with E-state index >= 15 is 0 Å². The lowest BCUT2D eigenvalue weighted by Gasteiger charge is -2.38. The Labute approximate surface area is 134 Å². The molecule has 0 radical (unpaired) electrons. The molecule has 0 bridgehead atoms. The lowest BCUT2D eigenvalue weighted by molar-refractivity contribution is -0.250. The summed E-state index contributed by atoms with van der Waals surface area (Å²) in [4.78, 5) is 31.8. The van der Waals surface area contributed by atoms with Crippen molar-refractivity contribution in [2.45, 2.75) is 45.3 Å². The Bertz CT molecular complexity index is 672. The number of aromatic nitrogens is 1. The zero-order chi connectivity index (χ0) is 16.2. The van der Waals surface area contributed by atoms with Gasteiger partial charge in [0.15, 0.2) is 5.41 Å². The number of cyclic esters (lactones) is 2. The number of esters is 2. The molecule has 3 heterocycles. The standard InChI is InChI=1S/C17H20N2O4/c1-16(2)22-14(20)17(15(21)23-16)8-11-7-13(18-10-12(11)9-17)19-5-3-4-6-19/h7,10H,3-6,8-9H2,1-2H3. The van der Waals surface area contributed by atoms with Crippen LogP contribution >= 0.6 is 0 Å². The number of pyridine rings is 1. The van der Waals surface area contributed by atoms with E-state index in [1.807, 2.05) is 6.07 Å². The van der Waals surface area contributed by atoms with Crippen LogP contribution in [0.2, 0.25) is 0 Å². The molecule has 2 saturated heterocycles. The van der Waals surface area contributed by atoms with Gasteiger partial charge in [0, 0.05) is 46.0 Å². The number of anilines is 1. The van der Waals surface area contributed by atoms with E-state index in [0.29, 0.717) is 12.8 Å². The second-order valence-corrected chi connectivity index (χ2v) is 7.12. The summed E-state index contributed by atoms with van der Waals surface area (Å²) >= 11 is 0. The fourth-order valence-corrected chi connectivity index (χ4v) is 3.70. The third-order valence-corrected chi connectivity index (χ3v) is 4.94. The second-order valence-electron chi connectivity index (χ2n) is 7.12. The van der Waals surface area contributed by atoms with Crippen molar-refractivity contribution in [1.29, 1.82) is 0 Å². The summed E-state index contributed by atoms with van der Waals surface area (Å²) in [5.41, 5.74) is 0.695. The average Bonchev–Trinajstić information content (AvgIpc) is 3.12. The number of hydrogen-bond acceptors (Lipinski definition) is 6. The van der Waals surface area contributed by atoms with Crippen LogP contribution in [0.1, 0.15) is 37.8 Å². The average molecular weight is 316 g/mol. The SMILES string of the molecule is CC1(C)OC(=O)C2(Cc3cnc(N4CCCC4)cc3C2)C(=O)O1. The van der Waals surface area contributed by atoms with Crippen LogP contribution in [-0.2, 0) is 31.9 Å². The summed E-state index contributed by atoms with van der Waals surface area (Å²) in [5, 5.41) is 0. The van der Waals surface area contributed by atoms with Gasteiger partial charge in [-0.15, -0.1) is 0 Å². The molecule has 2 fully saturated rings. The molecule has 1 aromatic heterocycles. The van der Waals surface area contributed by atoms with E-state index in [1.54, 1.807) is 20.0 Å². The van der Waals surface area contributed by atoms with Gasteiger partial charge in [-0.3, -0.25) is 9.59 Å². The zero-order valence-electron chi connectivity index (χ0n) is 13.4. The van der Waals surface area contributed by atoms with Crippen LogP contribution in [-0.4, -0.2) is 35.8 Å². The third-order valence-electron chi connectivity index (χ3n) is 4.94. The topological polar surface area (TPSA) is 68.7 Å². The van der Waals surface area contributed by atoms with Crippen LogP contribution < -0.4 is 4.90 Å². The molecule has 3 aliphatic rings. The van der Waals surface area contributed by atoms with E-state index in [-0.39, 0.29) is 0 Å². The number of carbonyl (C=O) groups is 2. The Balaban J connectivity index is 1.64. The van der Waals surface area contributed by atoms with Crippen molar-refractivity contribution in [3.8, 4) is 0 Å². The lowest BCUT2D eigenvalue weighted by Crippen LogP contribution is -2.54. The summed E-state index contributed by atoms with van der Waals surface area (Å²) in [6.07, 6.45) is 4.79. The molecule has 0 atom stereocenters. The molecule has 23 heavy (non-hydrogen) atoms. The van der Waals surface area contributed by atoms with Crippen LogP contribution in [0.25, 0.3) is 0 Å². The molecule has 2 aliphatic heterocycles. The largest absolute Gasteiger partial charge is 0.422 e. The predicted octanol–water partition coefficient (Wildman–Crippen LogP) is 1.60. The smallest absolute Gasteiger partial charge is 0.327 e. The van der Waals surface area contributed by atoms with Gasteiger partial charge in [-0.2, -0.15) is 0 Å². The van der Waals surface area contributed by atoms with Crippen LogP contribution in [0.15, 0.2) is 12.3 Å². The third kappa shape index (κ3) is 2.19. The van der Waals surface area contributed by atoms with Crippen molar-refractivity contribution in [2.75, 3.05) is 18.0 Å². The predicted molar refractivity (Wildman–Crippen MR) is 81.8 cm³/mol. The highest BCUT2D eigenvalue weighted by molar-refractivity contribution is 6.03. The first-order valence-electron chi connectivity index (χ1n) is 8.09. The summed E-state index contributed by atoms with van der Waals surface area (Å²) < 4.78 is 10.7. The van der Waals surface area contributed by atoms with Crippen molar-refractivity contribution in [1.82, 2.24) is 4.98 Å². The van der Waals surface area contributed by atoms with Crippen LogP contribution in [0.4, 0.5) is 5.82 Å². The molecule has 0 amide bonds. The highest BCUT2D eigenvalue weighted by atomic mass is 16.7. The molecular weight excluding hydrogens is 296 g/mol. The maximum absolute atomic E-state index is 12.5. The Morgan fingerprint density at radius 2 is 1.65 bits per heavy atom. The lowest BCUT2D eigenvalue weighted by atomic mass is 9.84. The van der Waals surface area contributed by atoms with Gasteiger partial charge in [0.25, 0.3) is 5.79 Å². The van der Waals surface area contributed by atoms with E-state index in [2.05, 4.69) is 9.88 Å². The van der Waals surface area contributed by atoms with Gasteiger partial charge in [0.05, 0.1) is 0 Å². The van der Waals surface area contributed by atoms with Crippen LogP contribution in [0.3, 0.4) is 0 Å². The van der Waals surface area contributed by atoms with Crippen molar-refractivity contribution >= 4 is 17.8 Å². The molecule has 4 rings (SSSR count). The second kappa shape index (κ2) is 4.69. The van der Waals surface area contributed by atoms with Gasteiger partial charge < -0.3 is 14.4 Å². The number of fused-ring (bicyclic) bond motifs is 1. The monoisotopic (exact) mass is 316 g/mol. The maximum atomic E-state index is 12.5. The van der Waals surface area contributed by atoms with Gasteiger partial charge >= 0.3 is 11.9 Å². The normalized spacial score (nSPS) is 24.5. The van der Waals surface area contributed by atoms with E-state index in [9.17, 15) is 9.59 Å². The quantitative estimate of drug-likeness (QED) is 0.579. The first-order chi connectivity index (χ1) is 10.9. The van der Waals surface area contributed by atoms with E-state index in [1.165, 1.54) is 12.8 Å². The molecule has 1 aromatic rings. The van der Waals surface area contributed by atoms with Crippen molar-refractivity contribution in [2.24, 2.45) is 5.41 Å². The van der Waals surface area contributed by atoms with Crippen LogP contribution in [0, 0.1) is 5.41 Å². The van der Waals surface area contributed by atoms with Crippen molar-refractivity contribution in [3.63, 3.8) is 0 Å².